The molecule has 1 amide bonds. The molecule has 1 saturated heterocycles. The molecule has 0 aliphatic carbocycles. The number of nitrogens with zero attached hydrogens (tertiary/aromatic N) is 5. The molecule has 3 aromatic heterocycles. The summed E-state index contributed by atoms with van der Waals surface area (Å²) in [7, 11) is 3.63. The lowest BCUT2D eigenvalue weighted by Crippen LogP contribution is -2.40. The van der Waals surface area contributed by atoms with Crippen LogP contribution in [0.5, 0.6) is 0 Å². The first-order chi connectivity index (χ1) is 17.5. The monoisotopic (exact) mass is 502 g/mol. The Bertz CT molecular complexity index is 1430. The van der Waals surface area contributed by atoms with Gasteiger partial charge in [-0.2, -0.15) is 5.10 Å². The Kier molecular flexibility index (Phi) is 6.58. The van der Waals surface area contributed by atoms with Crippen LogP contribution < -0.4 is 0 Å². The number of fused-ring (bicyclic) bond motifs is 2. The second-order valence-electron chi connectivity index (χ2n) is 11.4. The van der Waals surface area contributed by atoms with Crippen LogP contribution in [0.1, 0.15) is 69.1 Å². The zero-order valence-electron chi connectivity index (χ0n) is 22.7. The minimum absolute atomic E-state index is 0.165. The fourth-order valence-corrected chi connectivity index (χ4v) is 5.58. The van der Waals surface area contributed by atoms with Crippen LogP contribution in [-0.2, 0) is 10.4 Å². The van der Waals surface area contributed by atoms with Gasteiger partial charge in [0, 0.05) is 42.3 Å². The molecule has 4 heterocycles. The lowest BCUT2D eigenvalue weighted by Gasteiger charge is -2.32. The van der Waals surface area contributed by atoms with E-state index in [9.17, 15) is 9.90 Å². The number of aromatic nitrogens is 4. The number of aliphatic hydroxyl groups is 1. The molecule has 196 valence electrons. The average molecular weight is 503 g/mol. The number of likely N-dealkylation sites (N-methyl/N-ethyl adjacent to an activating group) is 1. The smallest absolute Gasteiger partial charge is 0.236 e. The Morgan fingerprint density at radius 2 is 1.95 bits per heavy atom. The predicted octanol–water partition coefficient (Wildman–Crippen LogP) is 4.50. The molecular weight excluding hydrogens is 464 g/mol. The van der Waals surface area contributed by atoms with Crippen molar-refractivity contribution in [1.82, 2.24) is 29.4 Å². The number of H-pyrrole nitrogens is 1. The summed E-state index contributed by atoms with van der Waals surface area (Å²) < 4.78 is 1.75. The van der Waals surface area contributed by atoms with E-state index < -0.39 is 5.60 Å². The van der Waals surface area contributed by atoms with Crippen molar-refractivity contribution in [2.45, 2.75) is 58.0 Å². The Balaban J connectivity index is 1.50. The van der Waals surface area contributed by atoms with Crippen molar-refractivity contribution in [3.05, 3.63) is 53.5 Å². The third-order valence-corrected chi connectivity index (χ3v) is 7.68. The van der Waals surface area contributed by atoms with E-state index in [-0.39, 0.29) is 5.91 Å². The molecule has 1 aromatic carbocycles. The van der Waals surface area contributed by atoms with Gasteiger partial charge in [-0.05, 0) is 80.9 Å². The fourth-order valence-electron chi connectivity index (χ4n) is 5.58. The zero-order chi connectivity index (χ0) is 26.5. The molecule has 0 unspecified atom stereocenters. The number of carbonyl (C=O) groups excluding carboxylic acids is 1. The maximum Gasteiger partial charge on any atom is 0.236 e. The minimum atomic E-state index is -1.05. The second-order valence-corrected chi connectivity index (χ2v) is 11.4. The van der Waals surface area contributed by atoms with E-state index >= 15 is 0 Å². The van der Waals surface area contributed by atoms with Crippen LogP contribution >= 0.6 is 0 Å². The molecule has 0 spiro atoms. The quantitative estimate of drug-likeness (QED) is 0.405. The normalized spacial score (nSPS) is 15.8. The van der Waals surface area contributed by atoms with Gasteiger partial charge in [0.2, 0.25) is 5.91 Å². The summed E-state index contributed by atoms with van der Waals surface area (Å²) in [6.45, 7) is 10.4. The van der Waals surface area contributed by atoms with Crippen molar-refractivity contribution in [2.75, 3.05) is 33.7 Å². The number of pyridine rings is 1. The van der Waals surface area contributed by atoms with Gasteiger partial charge in [-0.15, -0.1) is 0 Å². The van der Waals surface area contributed by atoms with Crippen LogP contribution in [0.25, 0.3) is 27.8 Å². The number of carbonyl (C=O) groups is 1. The number of piperidine rings is 1. The molecule has 8 nitrogen and oxygen atoms in total. The van der Waals surface area contributed by atoms with Crippen molar-refractivity contribution in [1.29, 1.82) is 0 Å². The number of rotatable bonds is 6. The van der Waals surface area contributed by atoms with Gasteiger partial charge in [0.25, 0.3) is 0 Å². The average Bonchev–Trinajstić information content (AvgIpc) is 3.47. The van der Waals surface area contributed by atoms with E-state index in [1.807, 2.05) is 26.4 Å². The summed E-state index contributed by atoms with van der Waals surface area (Å²) in [5.41, 5.74) is 6.15. The van der Waals surface area contributed by atoms with Crippen LogP contribution in [0.15, 0.2) is 36.8 Å². The van der Waals surface area contributed by atoms with Gasteiger partial charge in [-0.1, -0.05) is 19.9 Å². The van der Waals surface area contributed by atoms with E-state index in [1.54, 1.807) is 23.3 Å². The van der Waals surface area contributed by atoms with E-state index in [2.05, 4.69) is 52.0 Å². The Morgan fingerprint density at radius 3 is 2.59 bits per heavy atom. The van der Waals surface area contributed by atoms with Crippen molar-refractivity contribution in [3.63, 3.8) is 0 Å². The molecule has 0 radical (unpaired) electrons. The van der Waals surface area contributed by atoms with Crippen molar-refractivity contribution in [2.24, 2.45) is 0 Å². The summed E-state index contributed by atoms with van der Waals surface area (Å²) >= 11 is 0. The van der Waals surface area contributed by atoms with Gasteiger partial charge in [-0.3, -0.25) is 9.69 Å². The fraction of sp³-hybridized carbons (Fsp3) is 0.483. The largest absolute Gasteiger partial charge is 0.386 e. The molecule has 8 heteroatoms. The summed E-state index contributed by atoms with van der Waals surface area (Å²) in [6.07, 6.45) is 5.62. The molecule has 37 heavy (non-hydrogen) atoms. The summed E-state index contributed by atoms with van der Waals surface area (Å²) in [6, 6.07) is 8.85. The third kappa shape index (κ3) is 4.88. The van der Waals surface area contributed by atoms with Crippen molar-refractivity contribution < 1.29 is 9.90 Å². The number of aromatic amines is 1. The summed E-state index contributed by atoms with van der Waals surface area (Å²) in [5, 5.41) is 16.5. The van der Waals surface area contributed by atoms with E-state index in [1.165, 1.54) is 22.8 Å². The van der Waals surface area contributed by atoms with Gasteiger partial charge in [0.1, 0.15) is 6.33 Å². The number of benzene rings is 1. The highest BCUT2D eigenvalue weighted by Crippen LogP contribution is 2.39. The number of amides is 1. The van der Waals surface area contributed by atoms with Crippen LogP contribution in [-0.4, -0.2) is 74.1 Å². The number of hydrogen-bond acceptors (Lipinski definition) is 5. The molecule has 0 bridgehead atoms. The number of hydrogen-bond donors (Lipinski definition) is 2. The SMILES string of the molecule is CC(C)c1c(-c2cc(C(C)(C)O)c3ncnn3c2)[nH]c2ccc(C3CCN(CC(=O)N(C)C)CC3)cc12. The van der Waals surface area contributed by atoms with Gasteiger partial charge >= 0.3 is 0 Å². The summed E-state index contributed by atoms with van der Waals surface area (Å²) in [4.78, 5) is 24.1. The van der Waals surface area contributed by atoms with E-state index in [0.717, 1.165) is 48.3 Å². The molecule has 1 fully saturated rings. The van der Waals surface area contributed by atoms with Gasteiger partial charge in [-0.25, -0.2) is 9.50 Å². The summed E-state index contributed by atoms with van der Waals surface area (Å²) in [5.74, 6) is 0.954. The van der Waals surface area contributed by atoms with Crippen LogP contribution in [0.4, 0.5) is 0 Å². The van der Waals surface area contributed by atoms with Gasteiger partial charge in [0.05, 0.1) is 17.8 Å². The second kappa shape index (κ2) is 9.58. The maximum atomic E-state index is 12.1. The molecule has 1 aliphatic rings. The van der Waals surface area contributed by atoms with Crippen LogP contribution in [0.3, 0.4) is 0 Å². The van der Waals surface area contributed by atoms with Crippen molar-refractivity contribution >= 4 is 22.5 Å². The molecule has 0 atom stereocenters. The number of nitrogens with one attached hydrogen (secondary N) is 1. The number of likely N-dealkylation sites (tertiary alicyclic amines) is 1. The molecule has 5 rings (SSSR count). The Labute approximate surface area is 218 Å². The van der Waals surface area contributed by atoms with Crippen molar-refractivity contribution in [3.8, 4) is 11.3 Å². The molecule has 1 aliphatic heterocycles. The zero-order valence-corrected chi connectivity index (χ0v) is 22.7. The predicted molar refractivity (Wildman–Crippen MR) is 147 cm³/mol. The standard InChI is InChI=1S/C29H38N6O2/c1-18(2)26-22-13-20(19-9-11-34(12-10-19)16-25(36)33(5)6)7-8-24(22)32-27(26)21-14-23(29(3,4)37)28-30-17-31-35(28)15-21/h7-8,13-15,17-19,32,37H,9-12,16H2,1-6H3. The van der Waals surface area contributed by atoms with E-state index in [4.69, 9.17) is 0 Å². The van der Waals surface area contributed by atoms with E-state index in [0.29, 0.717) is 24.0 Å². The molecular formula is C29H38N6O2. The minimum Gasteiger partial charge on any atom is -0.386 e. The highest BCUT2D eigenvalue weighted by atomic mass is 16.3. The third-order valence-electron chi connectivity index (χ3n) is 7.68. The van der Waals surface area contributed by atoms with Crippen LogP contribution in [0.2, 0.25) is 0 Å². The topological polar surface area (TPSA) is 89.8 Å². The first-order valence-electron chi connectivity index (χ1n) is 13.2. The molecule has 2 N–H and O–H groups in total. The first-order valence-corrected chi connectivity index (χ1v) is 13.2. The Hall–Kier alpha value is -3.23. The highest BCUT2D eigenvalue weighted by Gasteiger charge is 2.26. The maximum absolute atomic E-state index is 12.1. The van der Waals surface area contributed by atoms with Gasteiger partial charge in [0.15, 0.2) is 5.65 Å². The lowest BCUT2D eigenvalue weighted by atomic mass is 9.87. The molecule has 4 aromatic rings. The van der Waals surface area contributed by atoms with Crippen LogP contribution in [0, 0.1) is 0 Å². The molecule has 0 saturated carbocycles. The highest BCUT2D eigenvalue weighted by molar-refractivity contribution is 5.92. The van der Waals surface area contributed by atoms with Gasteiger partial charge < -0.3 is 15.0 Å². The lowest BCUT2D eigenvalue weighted by molar-refractivity contribution is -0.130. The Morgan fingerprint density at radius 1 is 1.22 bits per heavy atom. The first kappa shape index (κ1) is 25.4.